The third-order valence-corrected chi connectivity index (χ3v) is 5.10. The Labute approximate surface area is 163 Å². The van der Waals surface area contributed by atoms with E-state index in [9.17, 15) is 9.59 Å². The Balaban J connectivity index is 1.47. The van der Waals surface area contributed by atoms with Gasteiger partial charge in [0.2, 0.25) is 5.91 Å². The van der Waals surface area contributed by atoms with Crippen LogP contribution in [0, 0.1) is 13.8 Å². The van der Waals surface area contributed by atoms with Crippen LogP contribution in [0.2, 0.25) is 0 Å². The maximum atomic E-state index is 12.8. The van der Waals surface area contributed by atoms with Gasteiger partial charge in [0.15, 0.2) is 0 Å². The van der Waals surface area contributed by atoms with Crippen LogP contribution < -0.4 is 5.56 Å². The number of carbonyl (C=O) groups is 1. The molecule has 7 nitrogen and oxygen atoms in total. The van der Waals surface area contributed by atoms with Crippen molar-refractivity contribution in [2.24, 2.45) is 0 Å². The predicted octanol–water partition coefficient (Wildman–Crippen LogP) is 1.76. The maximum absolute atomic E-state index is 12.8. The summed E-state index contributed by atoms with van der Waals surface area (Å²) in [4.78, 5) is 33.7. The van der Waals surface area contributed by atoms with Gasteiger partial charge in [-0.25, -0.2) is 4.98 Å². The molecule has 0 atom stereocenters. The van der Waals surface area contributed by atoms with E-state index in [0.29, 0.717) is 36.7 Å². The quantitative estimate of drug-likeness (QED) is 0.751. The second-order valence-electron chi connectivity index (χ2n) is 7.22. The van der Waals surface area contributed by atoms with Crippen molar-refractivity contribution < 1.29 is 4.79 Å². The zero-order valence-corrected chi connectivity index (χ0v) is 16.1. The number of rotatable bonds is 4. The molecule has 1 aromatic carbocycles. The number of nitrogens with one attached hydrogen (secondary N) is 1. The van der Waals surface area contributed by atoms with E-state index in [4.69, 9.17) is 0 Å². The smallest absolute Gasteiger partial charge is 0.254 e. The number of aryl methyl sites for hydroxylation is 2. The summed E-state index contributed by atoms with van der Waals surface area (Å²) in [5.74, 6) is 0.503. The number of nitrogens with zero attached hydrogens (tertiary/aromatic N) is 4. The topological polar surface area (TPSA) is 83.9 Å². The molecular weight excluding hydrogens is 354 g/mol. The minimum Gasteiger partial charge on any atom is -0.335 e. The van der Waals surface area contributed by atoms with Gasteiger partial charge in [-0.05, 0) is 25.5 Å². The molecule has 3 heterocycles. The summed E-state index contributed by atoms with van der Waals surface area (Å²) in [6.45, 7) is 5.27. The van der Waals surface area contributed by atoms with Crippen LogP contribution in [0.1, 0.15) is 34.0 Å². The van der Waals surface area contributed by atoms with E-state index < -0.39 is 0 Å². The van der Waals surface area contributed by atoms with E-state index >= 15 is 0 Å². The lowest BCUT2D eigenvalue weighted by Gasteiger charge is -2.27. The number of carbonyl (C=O) groups excluding carboxylic acids is 1. The maximum Gasteiger partial charge on any atom is 0.254 e. The highest BCUT2D eigenvalue weighted by Crippen LogP contribution is 2.17. The molecule has 2 aromatic heterocycles. The van der Waals surface area contributed by atoms with Crippen LogP contribution in [0.5, 0.6) is 0 Å². The number of benzene rings is 1. The van der Waals surface area contributed by atoms with Crippen LogP contribution in [0.25, 0.3) is 0 Å². The molecule has 1 aliphatic rings. The van der Waals surface area contributed by atoms with E-state index in [1.54, 1.807) is 18.7 Å². The lowest BCUT2D eigenvalue weighted by atomic mass is 10.1. The number of aromatic amines is 1. The molecule has 4 rings (SSSR count). The largest absolute Gasteiger partial charge is 0.335 e. The van der Waals surface area contributed by atoms with Crippen molar-refractivity contribution in [2.45, 2.75) is 39.8 Å². The summed E-state index contributed by atoms with van der Waals surface area (Å²) >= 11 is 0. The van der Waals surface area contributed by atoms with E-state index in [2.05, 4.69) is 33.3 Å². The van der Waals surface area contributed by atoms with Crippen molar-refractivity contribution in [3.63, 3.8) is 0 Å². The van der Waals surface area contributed by atoms with Gasteiger partial charge >= 0.3 is 0 Å². The molecule has 0 radical (unpaired) electrons. The monoisotopic (exact) mass is 377 g/mol. The van der Waals surface area contributed by atoms with E-state index in [-0.39, 0.29) is 17.9 Å². The number of fused-ring (bicyclic) bond motifs is 1. The molecule has 0 aliphatic carbocycles. The molecule has 0 bridgehead atoms. The molecule has 28 heavy (non-hydrogen) atoms. The SMILES string of the molecule is Cc1nc(C)c(CC(=O)N2CCn3nc(Cc4ccccc4)cc3C2)c(=O)[nH]1. The van der Waals surface area contributed by atoms with Crippen molar-refractivity contribution in [1.82, 2.24) is 24.6 Å². The average Bonchev–Trinajstić information content (AvgIpc) is 3.06. The molecule has 0 spiro atoms. The van der Waals surface area contributed by atoms with Crippen LogP contribution >= 0.6 is 0 Å². The third kappa shape index (κ3) is 3.74. The first-order chi connectivity index (χ1) is 13.5. The Morgan fingerprint density at radius 2 is 1.96 bits per heavy atom. The number of hydrogen-bond donors (Lipinski definition) is 1. The van der Waals surface area contributed by atoms with Crippen molar-refractivity contribution in [2.75, 3.05) is 6.54 Å². The molecular formula is C21H23N5O2. The zero-order valence-electron chi connectivity index (χ0n) is 16.1. The van der Waals surface area contributed by atoms with Crippen molar-refractivity contribution in [1.29, 1.82) is 0 Å². The Bertz CT molecular complexity index is 1070. The molecule has 0 saturated heterocycles. The van der Waals surface area contributed by atoms with Crippen LogP contribution in [0.15, 0.2) is 41.2 Å². The van der Waals surface area contributed by atoms with Gasteiger partial charge < -0.3 is 9.88 Å². The Morgan fingerprint density at radius 1 is 1.18 bits per heavy atom. The highest BCUT2D eigenvalue weighted by molar-refractivity contribution is 5.79. The number of H-pyrrole nitrogens is 1. The van der Waals surface area contributed by atoms with Gasteiger partial charge in [0, 0.05) is 24.2 Å². The van der Waals surface area contributed by atoms with Gasteiger partial charge in [-0.1, -0.05) is 30.3 Å². The first kappa shape index (κ1) is 18.2. The number of hydrogen-bond acceptors (Lipinski definition) is 4. The summed E-state index contributed by atoms with van der Waals surface area (Å²) in [7, 11) is 0. The summed E-state index contributed by atoms with van der Waals surface area (Å²) in [6.07, 6.45) is 0.845. The van der Waals surface area contributed by atoms with Crippen LogP contribution in [0.4, 0.5) is 0 Å². The molecule has 7 heteroatoms. The molecule has 1 N–H and O–H groups in total. The second-order valence-corrected chi connectivity index (χ2v) is 7.22. The van der Waals surface area contributed by atoms with Crippen molar-refractivity contribution >= 4 is 5.91 Å². The van der Waals surface area contributed by atoms with Crippen molar-refractivity contribution in [3.05, 3.63) is 80.8 Å². The van der Waals surface area contributed by atoms with Gasteiger partial charge in [0.25, 0.3) is 5.56 Å². The summed E-state index contributed by atoms with van der Waals surface area (Å²) < 4.78 is 1.98. The fourth-order valence-corrected chi connectivity index (χ4v) is 3.65. The fraction of sp³-hybridized carbons (Fsp3) is 0.333. The highest BCUT2D eigenvalue weighted by atomic mass is 16.2. The predicted molar refractivity (Wildman–Crippen MR) is 105 cm³/mol. The van der Waals surface area contributed by atoms with Gasteiger partial charge in [-0.15, -0.1) is 0 Å². The molecule has 3 aromatic rings. The first-order valence-corrected chi connectivity index (χ1v) is 9.43. The van der Waals surface area contributed by atoms with Gasteiger partial charge in [0.05, 0.1) is 30.9 Å². The molecule has 1 amide bonds. The van der Waals surface area contributed by atoms with E-state index in [1.807, 2.05) is 22.9 Å². The molecule has 0 unspecified atom stereocenters. The van der Waals surface area contributed by atoms with Gasteiger partial charge in [-0.3, -0.25) is 14.3 Å². The lowest BCUT2D eigenvalue weighted by molar-refractivity contribution is -0.132. The Morgan fingerprint density at radius 3 is 2.71 bits per heavy atom. The summed E-state index contributed by atoms with van der Waals surface area (Å²) in [5.41, 5.74) is 4.07. The van der Waals surface area contributed by atoms with Crippen LogP contribution in [0.3, 0.4) is 0 Å². The molecule has 0 fully saturated rings. The minimum absolute atomic E-state index is 0.0590. The summed E-state index contributed by atoms with van der Waals surface area (Å²) in [6, 6.07) is 12.3. The molecule has 144 valence electrons. The number of aromatic nitrogens is 4. The standard InChI is InChI=1S/C21H23N5O2/c1-14-19(21(28)23-15(2)22-14)12-20(27)25-8-9-26-18(13-25)11-17(24-26)10-16-6-4-3-5-7-16/h3-7,11H,8-10,12-13H2,1-2H3,(H,22,23,28). The van der Waals surface area contributed by atoms with E-state index in [0.717, 1.165) is 17.8 Å². The Kier molecular flexibility index (Phi) is 4.81. The van der Waals surface area contributed by atoms with Gasteiger partial charge in [-0.2, -0.15) is 5.10 Å². The molecule has 0 saturated carbocycles. The van der Waals surface area contributed by atoms with Crippen LogP contribution in [-0.2, 0) is 30.7 Å². The Hall–Kier alpha value is -3.22. The van der Waals surface area contributed by atoms with Crippen LogP contribution in [-0.4, -0.2) is 37.1 Å². The van der Waals surface area contributed by atoms with Gasteiger partial charge in [0.1, 0.15) is 5.82 Å². The second kappa shape index (κ2) is 7.42. The van der Waals surface area contributed by atoms with Crippen molar-refractivity contribution in [3.8, 4) is 0 Å². The number of amides is 1. The summed E-state index contributed by atoms with van der Waals surface area (Å²) in [5, 5.41) is 4.68. The normalized spacial score (nSPS) is 13.4. The fourth-order valence-electron chi connectivity index (χ4n) is 3.65. The average molecular weight is 377 g/mol. The lowest BCUT2D eigenvalue weighted by Crippen LogP contribution is -2.40. The third-order valence-electron chi connectivity index (χ3n) is 5.10. The van der Waals surface area contributed by atoms with E-state index in [1.165, 1.54) is 5.56 Å². The highest BCUT2D eigenvalue weighted by Gasteiger charge is 2.24. The zero-order chi connectivity index (χ0) is 19.7. The molecule has 1 aliphatic heterocycles. The first-order valence-electron chi connectivity index (χ1n) is 9.43. The minimum atomic E-state index is -0.231.